The maximum atomic E-state index is 5.52. The van der Waals surface area contributed by atoms with Crippen LogP contribution in [0.2, 0.25) is 0 Å². The number of nitrogens with one attached hydrogen (secondary N) is 1. The van der Waals surface area contributed by atoms with Crippen LogP contribution in [0.1, 0.15) is 30.1 Å². The lowest BCUT2D eigenvalue weighted by Crippen LogP contribution is -2.34. The molecule has 0 aliphatic carbocycles. The predicted octanol–water partition coefficient (Wildman–Crippen LogP) is 1.95. The lowest BCUT2D eigenvalue weighted by atomic mass is 10.0. The molecule has 0 amide bonds. The Labute approximate surface area is 124 Å². The van der Waals surface area contributed by atoms with Gasteiger partial charge in [0.2, 0.25) is 5.89 Å². The molecule has 0 bridgehead atoms. The molecule has 5 nitrogen and oxygen atoms in total. The van der Waals surface area contributed by atoms with Crippen LogP contribution in [0.4, 0.5) is 0 Å². The van der Waals surface area contributed by atoms with Crippen molar-refractivity contribution in [1.82, 2.24) is 15.5 Å². The van der Waals surface area contributed by atoms with Gasteiger partial charge in [0.25, 0.3) is 0 Å². The molecule has 1 aliphatic rings. The molecule has 0 spiro atoms. The summed E-state index contributed by atoms with van der Waals surface area (Å²) in [7, 11) is 0. The normalized spacial score (nSPS) is 21.8. The summed E-state index contributed by atoms with van der Waals surface area (Å²) in [6, 6.07) is 10.6. The quantitative estimate of drug-likeness (QED) is 0.880. The lowest BCUT2D eigenvalue weighted by molar-refractivity contribution is 0.185. The van der Waals surface area contributed by atoms with E-state index in [9.17, 15) is 0 Å². The van der Waals surface area contributed by atoms with Gasteiger partial charge in [0.05, 0.1) is 19.1 Å². The van der Waals surface area contributed by atoms with Crippen LogP contribution >= 0.6 is 0 Å². The minimum Gasteiger partial charge on any atom is -0.379 e. The number of nitrogens with zero attached hydrogens (tertiary/aromatic N) is 2. The highest BCUT2D eigenvalue weighted by molar-refractivity contribution is 5.15. The summed E-state index contributed by atoms with van der Waals surface area (Å²) in [6.07, 6.45) is 1.73. The van der Waals surface area contributed by atoms with Crippen LogP contribution in [0.3, 0.4) is 0 Å². The molecule has 3 rings (SSSR count). The minimum atomic E-state index is 0.169. The van der Waals surface area contributed by atoms with Crippen molar-refractivity contribution in [3.63, 3.8) is 0 Å². The van der Waals surface area contributed by atoms with Crippen molar-refractivity contribution < 1.29 is 9.26 Å². The van der Waals surface area contributed by atoms with Crippen LogP contribution in [0, 0.1) is 0 Å². The number of hydrogen-bond acceptors (Lipinski definition) is 5. The molecule has 2 aromatic rings. The Balaban J connectivity index is 1.61. The Morgan fingerprint density at radius 3 is 2.86 bits per heavy atom. The van der Waals surface area contributed by atoms with Crippen molar-refractivity contribution in [2.24, 2.45) is 0 Å². The number of rotatable bonds is 6. The van der Waals surface area contributed by atoms with Crippen molar-refractivity contribution in [3.8, 4) is 0 Å². The number of aromatic nitrogens is 2. The molecule has 1 saturated heterocycles. The Kier molecular flexibility index (Phi) is 4.62. The fourth-order valence-corrected chi connectivity index (χ4v) is 2.68. The standard InChI is InChI=1S/C16H21N3O2/c1-2-17-14-11-20-10-13(14)16-18-15(19-21-16)9-8-12-6-4-3-5-7-12/h3-7,13-14,17H,2,8-11H2,1H3. The molecule has 1 fully saturated rings. The molecule has 0 radical (unpaired) electrons. The van der Waals surface area contributed by atoms with Gasteiger partial charge in [-0.1, -0.05) is 42.4 Å². The fraction of sp³-hybridized carbons (Fsp3) is 0.500. The SMILES string of the molecule is CCNC1COCC1c1nc(CCc2ccccc2)no1. The van der Waals surface area contributed by atoms with E-state index in [0.717, 1.165) is 25.2 Å². The molecular formula is C16H21N3O2. The Morgan fingerprint density at radius 1 is 1.19 bits per heavy atom. The summed E-state index contributed by atoms with van der Waals surface area (Å²) in [5.74, 6) is 1.64. The minimum absolute atomic E-state index is 0.169. The third kappa shape index (κ3) is 3.49. The van der Waals surface area contributed by atoms with Crippen LogP contribution in [-0.2, 0) is 17.6 Å². The zero-order chi connectivity index (χ0) is 14.5. The van der Waals surface area contributed by atoms with E-state index in [4.69, 9.17) is 9.26 Å². The molecule has 112 valence electrons. The van der Waals surface area contributed by atoms with E-state index in [2.05, 4.69) is 34.5 Å². The zero-order valence-corrected chi connectivity index (χ0v) is 12.3. The number of ether oxygens (including phenoxy) is 1. The van der Waals surface area contributed by atoms with Gasteiger partial charge in [-0.25, -0.2) is 0 Å². The van der Waals surface area contributed by atoms with E-state index >= 15 is 0 Å². The maximum Gasteiger partial charge on any atom is 0.233 e. The summed E-state index contributed by atoms with van der Waals surface area (Å²) >= 11 is 0. The summed E-state index contributed by atoms with van der Waals surface area (Å²) in [5.41, 5.74) is 1.29. The lowest BCUT2D eigenvalue weighted by Gasteiger charge is -2.13. The van der Waals surface area contributed by atoms with E-state index in [1.165, 1.54) is 5.56 Å². The molecule has 1 aliphatic heterocycles. The molecule has 21 heavy (non-hydrogen) atoms. The summed E-state index contributed by atoms with van der Waals surface area (Å²) in [4.78, 5) is 4.54. The van der Waals surface area contributed by atoms with E-state index in [1.807, 2.05) is 18.2 Å². The largest absolute Gasteiger partial charge is 0.379 e. The third-order valence-corrected chi connectivity index (χ3v) is 3.83. The maximum absolute atomic E-state index is 5.52. The third-order valence-electron chi connectivity index (χ3n) is 3.83. The van der Waals surface area contributed by atoms with Gasteiger partial charge in [-0.15, -0.1) is 0 Å². The van der Waals surface area contributed by atoms with E-state index in [1.54, 1.807) is 0 Å². The second-order valence-electron chi connectivity index (χ2n) is 5.34. The highest BCUT2D eigenvalue weighted by Crippen LogP contribution is 2.24. The van der Waals surface area contributed by atoms with Crippen LogP contribution in [0.15, 0.2) is 34.9 Å². The van der Waals surface area contributed by atoms with Gasteiger partial charge in [-0.05, 0) is 18.5 Å². The first-order chi connectivity index (χ1) is 10.4. The molecule has 2 heterocycles. The van der Waals surface area contributed by atoms with E-state index < -0.39 is 0 Å². The number of hydrogen-bond donors (Lipinski definition) is 1. The number of benzene rings is 1. The van der Waals surface area contributed by atoms with Gasteiger partial charge in [0, 0.05) is 12.5 Å². The molecule has 2 unspecified atom stereocenters. The Morgan fingerprint density at radius 2 is 2.05 bits per heavy atom. The van der Waals surface area contributed by atoms with Crippen molar-refractivity contribution in [3.05, 3.63) is 47.6 Å². The van der Waals surface area contributed by atoms with Crippen molar-refractivity contribution in [2.45, 2.75) is 31.7 Å². The molecule has 1 aromatic carbocycles. The van der Waals surface area contributed by atoms with Gasteiger partial charge >= 0.3 is 0 Å². The van der Waals surface area contributed by atoms with Crippen molar-refractivity contribution in [2.75, 3.05) is 19.8 Å². The second kappa shape index (κ2) is 6.83. The molecular weight excluding hydrogens is 266 g/mol. The smallest absolute Gasteiger partial charge is 0.233 e. The first-order valence-corrected chi connectivity index (χ1v) is 7.54. The van der Waals surface area contributed by atoms with Crippen molar-refractivity contribution in [1.29, 1.82) is 0 Å². The monoisotopic (exact) mass is 287 g/mol. The summed E-state index contributed by atoms with van der Waals surface area (Å²) in [5, 5.41) is 7.51. The first-order valence-electron chi connectivity index (χ1n) is 7.54. The first kappa shape index (κ1) is 14.2. The average Bonchev–Trinajstić information content (AvgIpc) is 3.15. The fourth-order valence-electron chi connectivity index (χ4n) is 2.68. The van der Waals surface area contributed by atoms with E-state index in [-0.39, 0.29) is 12.0 Å². The van der Waals surface area contributed by atoms with Gasteiger partial charge in [-0.3, -0.25) is 0 Å². The summed E-state index contributed by atoms with van der Waals surface area (Å²) in [6.45, 7) is 4.37. The second-order valence-corrected chi connectivity index (χ2v) is 5.34. The number of likely N-dealkylation sites (N-methyl/N-ethyl adjacent to an activating group) is 1. The zero-order valence-electron chi connectivity index (χ0n) is 12.3. The molecule has 5 heteroatoms. The highest BCUT2D eigenvalue weighted by atomic mass is 16.5. The number of aryl methyl sites for hydroxylation is 2. The Bertz CT molecular complexity index is 556. The topological polar surface area (TPSA) is 60.2 Å². The predicted molar refractivity (Wildman–Crippen MR) is 79.2 cm³/mol. The van der Waals surface area contributed by atoms with Crippen LogP contribution in [0.25, 0.3) is 0 Å². The Hall–Kier alpha value is -1.72. The molecule has 0 saturated carbocycles. The highest BCUT2D eigenvalue weighted by Gasteiger charge is 2.33. The van der Waals surface area contributed by atoms with Gasteiger partial charge in [0.1, 0.15) is 0 Å². The molecule has 2 atom stereocenters. The summed E-state index contributed by atoms with van der Waals surface area (Å²) < 4.78 is 11.0. The van der Waals surface area contributed by atoms with Gasteiger partial charge in [0.15, 0.2) is 5.82 Å². The van der Waals surface area contributed by atoms with Crippen LogP contribution < -0.4 is 5.32 Å². The van der Waals surface area contributed by atoms with Gasteiger partial charge in [-0.2, -0.15) is 4.98 Å². The van der Waals surface area contributed by atoms with Crippen molar-refractivity contribution >= 4 is 0 Å². The van der Waals surface area contributed by atoms with Crippen LogP contribution in [0.5, 0.6) is 0 Å². The van der Waals surface area contributed by atoms with Crippen LogP contribution in [-0.4, -0.2) is 35.9 Å². The average molecular weight is 287 g/mol. The molecule has 1 aromatic heterocycles. The van der Waals surface area contributed by atoms with Gasteiger partial charge < -0.3 is 14.6 Å². The molecule has 1 N–H and O–H groups in total. The van der Waals surface area contributed by atoms with E-state index in [0.29, 0.717) is 19.1 Å².